The highest BCUT2D eigenvalue weighted by atomic mass is 127. The minimum atomic E-state index is -0.0383. The number of carbonyl (C=O) groups excluding carboxylic acids is 1. The molecule has 0 spiro atoms. The van der Waals surface area contributed by atoms with Crippen LogP contribution in [0.25, 0.3) is 0 Å². The largest absolute Gasteiger partial charge is 0.325 e. The van der Waals surface area contributed by atoms with Gasteiger partial charge in [-0.3, -0.25) is 4.79 Å². The molecule has 1 aromatic carbocycles. The summed E-state index contributed by atoms with van der Waals surface area (Å²) in [4.78, 5) is 11.2. The molecule has 0 heterocycles. The molecule has 0 radical (unpaired) electrons. The molecule has 0 aromatic heterocycles. The molecule has 0 atom stereocenters. The lowest BCUT2D eigenvalue weighted by atomic mass is 10.3. The number of amides is 1. The zero-order valence-electron chi connectivity index (χ0n) is 7.19. The van der Waals surface area contributed by atoms with Gasteiger partial charge in [0.25, 0.3) is 0 Å². The normalized spacial score (nSPS) is 9.93. The fourth-order valence-electron chi connectivity index (χ4n) is 0.889. The maximum absolute atomic E-state index is 11.2. The number of nitrogens with one attached hydrogen (secondary N) is 1. The van der Waals surface area contributed by atoms with Crippen LogP contribution in [0.2, 0.25) is 10.0 Å². The smallest absolute Gasteiger partial charge is 0.225 e. The van der Waals surface area contributed by atoms with Crippen LogP contribution in [0.1, 0.15) is 6.42 Å². The Balaban J connectivity index is 2.72. The van der Waals surface area contributed by atoms with Crippen LogP contribution in [0.5, 0.6) is 0 Å². The highest BCUT2D eigenvalue weighted by Gasteiger charge is 2.04. The molecule has 14 heavy (non-hydrogen) atoms. The van der Waals surface area contributed by atoms with Crippen molar-refractivity contribution in [2.75, 3.05) is 9.74 Å². The van der Waals surface area contributed by atoms with E-state index in [4.69, 9.17) is 23.2 Å². The first kappa shape index (κ1) is 12.1. The summed E-state index contributed by atoms with van der Waals surface area (Å²) in [5.41, 5.74) is 0.603. The Labute approximate surface area is 106 Å². The average Bonchev–Trinajstić information content (AvgIpc) is 2.10. The number of hydrogen-bond donors (Lipinski definition) is 1. The Bertz CT molecular complexity index is 344. The first-order valence-corrected chi connectivity index (χ1v) is 6.22. The molecule has 1 aromatic rings. The van der Waals surface area contributed by atoms with Gasteiger partial charge in [0.2, 0.25) is 5.91 Å². The van der Waals surface area contributed by atoms with Gasteiger partial charge in [-0.1, -0.05) is 45.8 Å². The van der Waals surface area contributed by atoms with E-state index in [1.807, 2.05) is 0 Å². The van der Waals surface area contributed by atoms with Crippen LogP contribution >= 0.6 is 45.8 Å². The second-order valence-electron chi connectivity index (χ2n) is 2.61. The summed E-state index contributed by atoms with van der Waals surface area (Å²) >= 11 is 13.7. The summed E-state index contributed by atoms with van der Waals surface area (Å²) in [6, 6.07) is 4.98. The van der Waals surface area contributed by atoms with Gasteiger partial charge in [0.1, 0.15) is 0 Å². The number of alkyl halides is 1. The molecule has 5 heteroatoms. The molecular formula is C9H8Cl2INO. The van der Waals surface area contributed by atoms with Crippen molar-refractivity contribution >= 4 is 57.4 Å². The highest BCUT2D eigenvalue weighted by Crippen LogP contribution is 2.25. The van der Waals surface area contributed by atoms with Crippen molar-refractivity contribution in [2.24, 2.45) is 0 Å². The van der Waals surface area contributed by atoms with Gasteiger partial charge in [0.05, 0.1) is 10.7 Å². The molecule has 0 aliphatic carbocycles. The van der Waals surface area contributed by atoms with Gasteiger partial charge in [-0.15, -0.1) is 0 Å². The summed E-state index contributed by atoms with van der Waals surface area (Å²) in [7, 11) is 0. The zero-order chi connectivity index (χ0) is 10.6. The van der Waals surface area contributed by atoms with Crippen molar-refractivity contribution in [1.82, 2.24) is 0 Å². The van der Waals surface area contributed by atoms with Gasteiger partial charge in [-0.2, -0.15) is 0 Å². The molecule has 76 valence electrons. The average molecular weight is 344 g/mol. The van der Waals surface area contributed by atoms with Crippen LogP contribution in [0, 0.1) is 0 Å². The van der Waals surface area contributed by atoms with Crippen LogP contribution in [0.3, 0.4) is 0 Å². The van der Waals surface area contributed by atoms with Gasteiger partial charge < -0.3 is 5.32 Å². The van der Waals surface area contributed by atoms with E-state index in [-0.39, 0.29) is 5.91 Å². The molecule has 0 aliphatic heterocycles. The topological polar surface area (TPSA) is 29.1 Å². The van der Waals surface area contributed by atoms with Gasteiger partial charge in [-0.25, -0.2) is 0 Å². The summed E-state index contributed by atoms with van der Waals surface area (Å²) in [5, 5.41) is 3.72. The number of benzene rings is 1. The second kappa shape index (κ2) is 5.78. The van der Waals surface area contributed by atoms with Crippen LogP contribution in [0.15, 0.2) is 18.2 Å². The fourth-order valence-corrected chi connectivity index (χ4v) is 1.84. The monoisotopic (exact) mass is 343 g/mol. The molecule has 0 fully saturated rings. The van der Waals surface area contributed by atoms with E-state index in [1.165, 1.54) is 0 Å². The van der Waals surface area contributed by atoms with E-state index < -0.39 is 0 Å². The minimum absolute atomic E-state index is 0.0383. The molecule has 1 rings (SSSR count). The van der Waals surface area contributed by atoms with E-state index >= 15 is 0 Å². The molecule has 0 bridgehead atoms. The van der Waals surface area contributed by atoms with Crippen molar-refractivity contribution in [3.8, 4) is 0 Å². The molecule has 0 unspecified atom stereocenters. The van der Waals surface area contributed by atoms with Crippen molar-refractivity contribution in [3.63, 3.8) is 0 Å². The molecule has 0 aliphatic rings. The lowest BCUT2D eigenvalue weighted by Gasteiger charge is -2.06. The van der Waals surface area contributed by atoms with Crippen LogP contribution in [-0.4, -0.2) is 10.3 Å². The van der Waals surface area contributed by atoms with E-state index in [0.717, 1.165) is 4.43 Å². The van der Waals surface area contributed by atoms with E-state index in [0.29, 0.717) is 22.2 Å². The number of hydrogen-bond acceptors (Lipinski definition) is 1. The molecule has 2 nitrogen and oxygen atoms in total. The SMILES string of the molecule is O=C(CCI)Nc1ccc(Cl)cc1Cl. The lowest BCUT2D eigenvalue weighted by Crippen LogP contribution is -2.11. The molecule has 1 N–H and O–H groups in total. The third-order valence-electron chi connectivity index (χ3n) is 1.53. The number of halogens is 3. The van der Waals surface area contributed by atoms with E-state index in [2.05, 4.69) is 27.9 Å². The standard InChI is InChI=1S/C9H8Cl2INO/c10-6-1-2-8(7(11)5-6)13-9(14)3-4-12/h1-2,5H,3-4H2,(H,13,14). The number of rotatable bonds is 3. The van der Waals surface area contributed by atoms with Gasteiger partial charge >= 0.3 is 0 Å². The number of carbonyl (C=O) groups is 1. The molecular weight excluding hydrogens is 336 g/mol. The molecule has 1 amide bonds. The summed E-state index contributed by atoms with van der Waals surface area (Å²) in [6.45, 7) is 0. The predicted molar refractivity (Wildman–Crippen MR) is 68.6 cm³/mol. The van der Waals surface area contributed by atoms with E-state index in [9.17, 15) is 4.79 Å². The van der Waals surface area contributed by atoms with Crippen LogP contribution in [0.4, 0.5) is 5.69 Å². The van der Waals surface area contributed by atoms with Crippen LogP contribution in [-0.2, 0) is 4.79 Å². The van der Waals surface area contributed by atoms with Gasteiger partial charge in [-0.05, 0) is 18.2 Å². The quantitative estimate of drug-likeness (QED) is 0.657. The Morgan fingerprint density at radius 1 is 1.43 bits per heavy atom. The maximum atomic E-state index is 11.2. The first-order valence-electron chi connectivity index (χ1n) is 3.94. The molecule has 0 saturated heterocycles. The van der Waals surface area contributed by atoms with Crippen molar-refractivity contribution < 1.29 is 4.79 Å². The van der Waals surface area contributed by atoms with Gasteiger partial charge in [0, 0.05) is 15.9 Å². The van der Waals surface area contributed by atoms with Crippen molar-refractivity contribution in [1.29, 1.82) is 0 Å². The summed E-state index contributed by atoms with van der Waals surface area (Å²) in [5.74, 6) is -0.0383. The Morgan fingerprint density at radius 3 is 2.71 bits per heavy atom. The number of anilines is 1. The van der Waals surface area contributed by atoms with Gasteiger partial charge in [0.15, 0.2) is 0 Å². The zero-order valence-corrected chi connectivity index (χ0v) is 10.9. The van der Waals surface area contributed by atoms with Crippen molar-refractivity contribution in [3.05, 3.63) is 28.2 Å². The first-order chi connectivity index (χ1) is 6.63. The summed E-state index contributed by atoms with van der Waals surface area (Å²) in [6.07, 6.45) is 0.486. The Kier molecular flexibility index (Phi) is 4.98. The Morgan fingerprint density at radius 2 is 2.14 bits per heavy atom. The lowest BCUT2D eigenvalue weighted by molar-refractivity contribution is -0.115. The summed E-state index contributed by atoms with van der Waals surface area (Å²) < 4.78 is 0.787. The van der Waals surface area contributed by atoms with E-state index in [1.54, 1.807) is 18.2 Å². The maximum Gasteiger partial charge on any atom is 0.225 e. The molecule has 0 saturated carbocycles. The third-order valence-corrected chi connectivity index (χ3v) is 2.61. The van der Waals surface area contributed by atoms with Crippen LogP contribution < -0.4 is 5.32 Å². The fraction of sp³-hybridized carbons (Fsp3) is 0.222. The second-order valence-corrected chi connectivity index (χ2v) is 4.53. The predicted octanol–water partition coefficient (Wildman–Crippen LogP) is 3.76. The highest BCUT2D eigenvalue weighted by molar-refractivity contribution is 14.1. The minimum Gasteiger partial charge on any atom is -0.325 e. The Hall–Kier alpha value is -0.000000000000000111. The third kappa shape index (κ3) is 3.63. The van der Waals surface area contributed by atoms with Crippen molar-refractivity contribution in [2.45, 2.75) is 6.42 Å².